The second kappa shape index (κ2) is 8.29. The first-order valence-corrected chi connectivity index (χ1v) is 9.17. The van der Waals surface area contributed by atoms with Gasteiger partial charge in [-0.1, -0.05) is 29.8 Å². The van der Waals surface area contributed by atoms with Crippen LogP contribution in [0, 0.1) is 18.3 Å². The van der Waals surface area contributed by atoms with Gasteiger partial charge in [0, 0.05) is 18.4 Å². The summed E-state index contributed by atoms with van der Waals surface area (Å²) in [7, 11) is -3.73. The number of rotatable bonds is 6. The molecule has 0 aliphatic rings. The molecule has 0 saturated heterocycles. The summed E-state index contributed by atoms with van der Waals surface area (Å²) in [5, 5.41) is 19.7. The maximum Gasteiger partial charge on any atom is 0.267 e. The number of nitriles is 1. The predicted molar refractivity (Wildman–Crippen MR) is 98.2 cm³/mol. The van der Waals surface area contributed by atoms with Gasteiger partial charge in [0.25, 0.3) is 5.91 Å². The third-order valence-corrected chi connectivity index (χ3v) is 4.41. The van der Waals surface area contributed by atoms with Crippen LogP contribution in [0.2, 0.25) is 0 Å². The van der Waals surface area contributed by atoms with Crippen molar-refractivity contribution in [3.63, 3.8) is 0 Å². The molecule has 0 aromatic heterocycles. The van der Waals surface area contributed by atoms with Crippen molar-refractivity contribution in [3.05, 3.63) is 71.4 Å². The molecular weight excluding hydrogens is 352 g/mol. The zero-order valence-electron chi connectivity index (χ0n) is 14.1. The molecule has 1 amide bonds. The van der Waals surface area contributed by atoms with Gasteiger partial charge in [0.05, 0.1) is 4.90 Å². The molecule has 0 heterocycles. The van der Waals surface area contributed by atoms with Gasteiger partial charge < -0.3 is 10.6 Å². The van der Waals surface area contributed by atoms with Gasteiger partial charge in [0.15, 0.2) is 0 Å². The molecule has 0 atom stereocenters. The van der Waals surface area contributed by atoms with Gasteiger partial charge >= 0.3 is 0 Å². The van der Waals surface area contributed by atoms with Crippen molar-refractivity contribution < 1.29 is 13.2 Å². The highest BCUT2D eigenvalue weighted by Crippen LogP contribution is 2.10. The Kier molecular flexibility index (Phi) is 6.11. The Morgan fingerprint density at radius 3 is 2.31 bits per heavy atom. The van der Waals surface area contributed by atoms with Crippen LogP contribution < -0.4 is 15.8 Å². The van der Waals surface area contributed by atoms with Crippen LogP contribution in [0.4, 0.5) is 5.69 Å². The summed E-state index contributed by atoms with van der Waals surface area (Å²) in [5.74, 6) is -0.520. The van der Waals surface area contributed by atoms with E-state index in [2.05, 4.69) is 10.6 Å². The third-order valence-electron chi connectivity index (χ3n) is 3.48. The summed E-state index contributed by atoms with van der Waals surface area (Å²) >= 11 is 0. The van der Waals surface area contributed by atoms with Gasteiger partial charge in [-0.3, -0.25) is 4.79 Å². The summed E-state index contributed by atoms with van der Waals surface area (Å²) in [6, 6.07) is 15.0. The van der Waals surface area contributed by atoms with Gasteiger partial charge in [0.1, 0.15) is 11.6 Å². The molecule has 7 nitrogen and oxygen atoms in total. The first-order valence-electron chi connectivity index (χ1n) is 7.63. The second-order valence-corrected chi connectivity index (χ2v) is 7.12. The highest BCUT2D eigenvalue weighted by atomic mass is 32.2. The monoisotopic (exact) mass is 370 g/mol. The Morgan fingerprint density at radius 2 is 1.77 bits per heavy atom. The van der Waals surface area contributed by atoms with Gasteiger partial charge in [-0.05, 0) is 36.8 Å². The molecule has 2 rings (SSSR count). The molecule has 2 aromatic carbocycles. The van der Waals surface area contributed by atoms with Crippen LogP contribution in [0.5, 0.6) is 0 Å². The van der Waals surface area contributed by atoms with Crippen LogP contribution in [0.1, 0.15) is 11.1 Å². The maximum atomic E-state index is 12.1. The largest absolute Gasteiger partial charge is 0.386 e. The molecule has 0 aliphatic carbocycles. The second-order valence-electron chi connectivity index (χ2n) is 5.56. The molecule has 8 heteroatoms. The lowest BCUT2D eigenvalue weighted by Gasteiger charge is -2.06. The predicted octanol–water partition coefficient (Wildman–Crippen LogP) is 1.78. The van der Waals surface area contributed by atoms with Crippen molar-refractivity contribution in [3.8, 4) is 6.07 Å². The maximum absolute atomic E-state index is 12.1. The van der Waals surface area contributed by atoms with Crippen molar-refractivity contribution in [2.45, 2.75) is 18.4 Å². The van der Waals surface area contributed by atoms with Gasteiger partial charge in [-0.25, -0.2) is 13.6 Å². The minimum atomic E-state index is -3.73. The van der Waals surface area contributed by atoms with Gasteiger partial charge in [-0.15, -0.1) is 0 Å². The topological polar surface area (TPSA) is 125 Å². The van der Waals surface area contributed by atoms with E-state index >= 15 is 0 Å². The molecule has 0 fully saturated rings. The van der Waals surface area contributed by atoms with Crippen molar-refractivity contribution in [2.75, 3.05) is 5.32 Å². The molecule has 134 valence electrons. The van der Waals surface area contributed by atoms with Crippen LogP contribution in [-0.4, -0.2) is 14.3 Å². The van der Waals surface area contributed by atoms with E-state index in [4.69, 9.17) is 10.4 Å². The molecule has 0 unspecified atom stereocenters. The standard InChI is InChI=1S/C18H18N4O3S/c1-13-2-6-16(7-3-13)22-18(23)15(10-19)12-21-11-14-4-8-17(9-5-14)26(20,24)25/h2-9,12,21H,11H2,1H3,(H,22,23)(H2,20,24,25)/b15-12-. The molecule has 26 heavy (non-hydrogen) atoms. The number of carbonyl (C=O) groups is 1. The molecule has 0 aliphatic heterocycles. The van der Waals surface area contributed by atoms with E-state index in [-0.39, 0.29) is 10.5 Å². The van der Waals surface area contributed by atoms with E-state index in [9.17, 15) is 13.2 Å². The zero-order chi connectivity index (χ0) is 19.2. The van der Waals surface area contributed by atoms with Gasteiger partial charge in [0.2, 0.25) is 10.0 Å². The minimum absolute atomic E-state index is 0.0204. The Labute approximate surface area is 152 Å². The molecule has 0 bridgehead atoms. The average molecular weight is 370 g/mol. The van der Waals surface area contributed by atoms with Crippen molar-refractivity contribution in [1.29, 1.82) is 5.26 Å². The van der Waals surface area contributed by atoms with E-state index in [1.165, 1.54) is 18.3 Å². The Balaban J connectivity index is 1.97. The third kappa shape index (κ3) is 5.44. The molecular formula is C18H18N4O3S. The number of nitrogens with zero attached hydrogens (tertiary/aromatic N) is 1. The van der Waals surface area contributed by atoms with Crippen molar-refractivity contribution in [2.24, 2.45) is 5.14 Å². The number of nitrogens with one attached hydrogen (secondary N) is 2. The summed E-state index contributed by atoms with van der Waals surface area (Å²) < 4.78 is 22.4. The van der Waals surface area contributed by atoms with Crippen LogP contribution >= 0.6 is 0 Å². The highest BCUT2D eigenvalue weighted by Gasteiger charge is 2.09. The fourth-order valence-electron chi connectivity index (χ4n) is 2.05. The normalized spacial score (nSPS) is 11.5. The summed E-state index contributed by atoms with van der Waals surface area (Å²) in [5.41, 5.74) is 2.35. The summed E-state index contributed by atoms with van der Waals surface area (Å²) in [4.78, 5) is 12.1. The number of hydrogen-bond donors (Lipinski definition) is 3. The smallest absolute Gasteiger partial charge is 0.267 e. The lowest BCUT2D eigenvalue weighted by Crippen LogP contribution is -2.16. The Bertz CT molecular complexity index is 957. The first-order chi connectivity index (χ1) is 12.3. The quantitative estimate of drug-likeness (QED) is 0.528. The van der Waals surface area contributed by atoms with Gasteiger partial charge in [-0.2, -0.15) is 5.26 Å². The lowest BCUT2D eigenvalue weighted by molar-refractivity contribution is -0.112. The highest BCUT2D eigenvalue weighted by molar-refractivity contribution is 7.89. The number of amides is 1. The van der Waals surface area contributed by atoms with E-state index in [0.29, 0.717) is 12.2 Å². The number of carbonyl (C=O) groups excluding carboxylic acids is 1. The average Bonchev–Trinajstić information content (AvgIpc) is 2.60. The number of sulfonamides is 1. The number of nitrogens with two attached hydrogens (primary N) is 1. The molecule has 0 radical (unpaired) electrons. The molecule has 0 spiro atoms. The fraction of sp³-hybridized carbons (Fsp3) is 0.111. The SMILES string of the molecule is Cc1ccc(NC(=O)/C(C#N)=C\NCc2ccc(S(N)(=O)=O)cc2)cc1. The minimum Gasteiger partial charge on any atom is -0.386 e. The molecule has 4 N–H and O–H groups in total. The summed E-state index contributed by atoms with van der Waals surface area (Å²) in [6.45, 7) is 2.25. The zero-order valence-corrected chi connectivity index (χ0v) is 14.9. The van der Waals surface area contributed by atoms with E-state index in [1.807, 2.05) is 25.1 Å². The number of aryl methyl sites for hydroxylation is 1. The van der Waals surface area contributed by atoms with Crippen LogP contribution in [-0.2, 0) is 21.4 Å². The van der Waals surface area contributed by atoms with E-state index < -0.39 is 15.9 Å². The molecule has 2 aromatic rings. The Morgan fingerprint density at radius 1 is 1.15 bits per heavy atom. The van der Waals surface area contributed by atoms with Crippen LogP contribution in [0.3, 0.4) is 0 Å². The van der Waals surface area contributed by atoms with Crippen molar-refractivity contribution in [1.82, 2.24) is 5.32 Å². The Hall–Kier alpha value is -3.15. The van der Waals surface area contributed by atoms with E-state index in [0.717, 1.165) is 11.1 Å². The first kappa shape index (κ1) is 19.2. The molecule has 0 saturated carbocycles. The van der Waals surface area contributed by atoms with Crippen molar-refractivity contribution >= 4 is 21.6 Å². The number of benzene rings is 2. The number of primary sulfonamides is 1. The summed E-state index contributed by atoms with van der Waals surface area (Å²) in [6.07, 6.45) is 1.32. The number of anilines is 1. The fourth-order valence-corrected chi connectivity index (χ4v) is 2.57. The van der Waals surface area contributed by atoms with Crippen LogP contribution in [0.25, 0.3) is 0 Å². The lowest BCUT2D eigenvalue weighted by atomic mass is 10.2. The van der Waals surface area contributed by atoms with Crippen LogP contribution in [0.15, 0.2) is 65.2 Å². The number of hydrogen-bond acceptors (Lipinski definition) is 5. The van der Waals surface area contributed by atoms with E-state index in [1.54, 1.807) is 24.3 Å².